The largest absolute Gasteiger partial charge is 0.477 e. The van der Waals surface area contributed by atoms with Gasteiger partial charge in [0.15, 0.2) is 0 Å². The van der Waals surface area contributed by atoms with E-state index in [1.807, 2.05) is 13.1 Å². The molecular weight excluding hydrogens is 376 g/mol. The standard InChI is InChI=1S/C24H34N4O2/c1-17-13-25-24(27-23(17)29-16-20-7-5-4-6-8-20)26-21-9-11-22(12-10-21)28-14-18(2)30-19(3)15-28/h9-13,18-20H,4-8,14-16H2,1-3H3,(H,25,26,27)/t18-,19+. The number of hydrogen-bond acceptors (Lipinski definition) is 6. The van der Waals surface area contributed by atoms with Gasteiger partial charge in [-0.3, -0.25) is 0 Å². The normalized spacial score (nSPS) is 22.7. The van der Waals surface area contributed by atoms with Crippen molar-refractivity contribution in [3.8, 4) is 5.88 Å². The average molecular weight is 411 g/mol. The summed E-state index contributed by atoms with van der Waals surface area (Å²) in [5, 5.41) is 3.31. The molecule has 2 atom stereocenters. The molecule has 0 amide bonds. The monoisotopic (exact) mass is 410 g/mol. The quantitative estimate of drug-likeness (QED) is 0.715. The molecule has 4 rings (SSSR count). The van der Waals surface area contributed by atoms with Gasteiger partial charge in [-0.15, -0.1) is 0 Å². The molecule has 2 heterocycles. The molecule has 1 aromatic carbocycles. The van der Waals surface area contributed by atoms with Gasteiger partial charge in [0.25, 0.3) is 0 Å². The van der Waals surface area contributed by atoms with E-state index < -0.39 is 0 Å². The van der Waals surface area contributed by atoms with Gasteiger partial charge in [0.2, 0.25) is 11.8 Å². The lowest BCUT2D eigenvalue weighted by Gasteiger charge is -2.36. The van der Waals surface area contributed by atoms with Crippen molar-refractivity contribution in [3.63, 3.8) is 0 Å². The molecule has 2 aromatic rings. The highest BCUT2D eigenvalue weighted by atomic mass is 16.5. The summed E-state index contributed by atoms with van der Waals surface area (Å²) in [4.78, 5) is 11.4. The highest BCUT2D eigenvalue weighted by Gasteiger charge is 2.22. The minimum atomic E-state index is 0.250. The summed E-state index contributed by atoms with van der Waals surface area (Å²) in [5.74, 6) is 1.91. The Balaban J connectivity index is 1.37. The minimum absolute atomic E-state index is 0.250. The van der Waals surface area contributed by atoms with E-state index in [9.17, 15) is 0 Å². The summed E-state index contributed by atoms with van der Waals surface area (Å²) in [6, 6.07) is 8.43. The summed E-state index contributed by atoms with van der Waals surface area (Å²) >= 11 is 0. The second kappa shape index (κ2) is 9.65. The molecule has 0 spiro atoms. The van der Waals surface area contributed by atoms with Crippen molar-refractivity contribution in [1.29, 1.82) is 0 Å². The Hall–Kier alpha value is -2.34. The third kappa shape index (κ3) is 5.42. The number of aromatic nitrogens is 2. The number of aryl methyl sites for hydroxylation is 1. The number of nitrogens with one attached hydrogen (secondary N) is 1. The van der Waals surface area contributed by atoms with Crippen LogP contribution in [0.4, 0.5) is 17.3 Å². The van der Waals surface area contributed by atoms with Crippen molar-refractivity contribution in [1.82, 2.24) is 9.97 Å². The molecule has 1 aliphatic carbocycles. The summed E-state index contributed by atoms with van der Waals surface area (Å²) in [7, 11) is 0. The zero-order valence-electron chi connectivity index (χ0n) is 18.4. The van der Waals surface area contributed by atoms with Crippen LogP contribution in [0.3, 0.4) is 0 Å². The van der Waals surface area contributed by atoms with Gasteiger partial charge in [-0.25, -0.2) is 4.98 Å². The maximum atomic E-state index is 6.06. The molecule has 2 fully saturated rings. The van der Waals surface area contributed by atoms with Crippen LogP contribution in [0.5, 0.6) is 5.88 Å². The Kier molecular flexibility index (Phi) is 6.72. The van der Waals surface area contributed by atoms with Gasteiger partial charge >= 0.3 is 0 Å². The van der Waals surface area contributed by atoms with E-state index in [0.29, 0.717) is 17.7 Å². The first-order chi connectivity index (χ1) is 14.6. The number of hydrogen-bond donors (Lipinski definition) is 1. The summed E-state index contributed by atoms with van der Waals surface area (Å²) in [6.07, 6.45) is 8.86. The molecule has 1 saturated carbocycles. The maximum absolute atomic E-state index is 6.06. The van der Waals surface area contributed by atoms with Crippen LogP contribution in [0.15, 0.2) is 30.5 Å². The van der Waals surface area contributed by atoms with Gasteiger partial charge in [-0.1, -0.05) is 19.3 Å². The van der Waals surface area contributed by atoms with Crippen molar-refractivity contribution in [3.05, 3.63) is 36.0 Å². The fraction of sp³-hybridized carbons (Fsp3) is 0.583. The van der Waals surface area contributed by atoms with Crippen LogP contribution in [0.25, 0.3) is 0 Å². The van der Waals surface area contributed by atoms with Gasteiger partial charge in [0, 0.05) is 36.2 Å². The van der Waals surface area contributed by atoms with Crippen LogP contribution in [-0.2, 0) is 4.74 Å². The highest BCUT2D eigenvalue weighted by Crippen LogP contribution is 2.26. The highest BCUT2D eigenvalue weighted by molar-refractivity contribution is 5.59. The number of anilines is 3. The van der Waals surface area contributed by atoms with Crippen LogP contribution in [0.2, 0.25) is 0 Å². The summed E-state index contributed by atoms with van der Waals surface area (Å²) < 4.78 is 11.9. The van der Waals surface area contributed by atoms with E-state index in [1.54, 1.807) is 0 Å². The Bertz CT molecular complexity index is 810. The molecule has 30 heavy (non-hydrogen) atoms. The lowest BCUT2D eigenvalue weighted by atomic mass is 9.90. The van der Waals surface area contributed by atoms with Gasteiger partial charge in [0.05, 0.1) is 18.8 Å². The number of morpholine rings is 1. The Morgan fingerprint density at radius 2 is 1.77 bits per heavy atom. The smallest absolute Gasteiger partial charge is 0.230 e. The zero-order valence-corrected chi connectivity index (χ0v) is 18.4. The summed E-state index contributed by atoms with van der Waals surface area (Å²) in [6.45, 7) is 8.84. The molecule has 1 N–H and O–H groups in total. The van der Waals surface area contributed by atoms with Crippen molar-refractivity contribution < 1.29 is 9.47 Å². The second-order valence-corrected chi connectivity index (χ2v) is 8.83. The second-order valence-electron chi connectivity index (χ2n) is 8.83. The first-order valence-corrected chi connectivity index (χ1v) is 11.3. The van der Waals surface area contributed by atoms with Crippen molar-refractivity contribution in [2.75, 3.05) is 29.9 Å². The molecular formula is C24H34N4O2. The molecule has 0 bridgehead atoms. The average Bonchev–Trinajstić information content (AvgIpc) is 2.75. The number of rotatable bonds is 6. The predicted octanol–water partition coefficient (Wildman–Crippen LogP) is 5.10. The van der Waals surface area contributed by atoms with Crippen LogP contribution in [0.1, 0.15) is 51.5 Å². The van der Waals surface area contributed by atoms with E-state index in [0.717, 1.165) is 30.9 Å². The van der Waals surface area contributed by atoms with E-state index >= 15 is 0 Å². The molecule has 1 aromatic heterocycles. The molecule has 1 saturated heterocycles. The lowest BCUT2D eigenvalue weighted by Crippen LogP contribution is -2.45. The predicted molar refractivity (Wildman–Crippen MR) is 121 cm³/mol. The van der Waals surface area contributed by atoms with Crippen molar-refractivity contribution >= 4 is 17.3 Å². The number of nitrogens with zero attached hydrogens (tertiary/aromatic N) is 3. The number of ether oxygens (including phenoxy) is 2. The molecule has 0 unspecified atom stereocenters. The third-order valence-corrected chi connectivity index (χ3v) is 6.01. The first kappa shape index (κ1) is 20.9. The molecule has 1 aliphatic heterocycles. The van der Waals surface area contributed by atoms with Crippen LogP contribution in [0, 0.1) is 12.8 Å². The minimum Gasteiger partial charge on any atom is -0.477 e. The first-order valence-electron chi connectivity index (χ1n) is 11.3. The molecule has 0 radical (unpaired) electrons. The molecule has 162 valence electrons. The van der Waals surface area contributed by atoms with Gasteiger partial charge < -0.3 is 19.7 Å². The lowest BCUT2D eigenvalue weighted by molar-refractivity contribution is -0.00521. The maximum Gasteiger partial charge on any atom is 0.230 e. The SMILES string of the molecule is Cc1cnc(Nc2ccc(N3C[C@@H](C)O[C@@H](C)C3)cc2)nc1OCC1CCCCC1. The zero-order chi connectivity index (χ0) is 20.9. The van der Waals surface area contributed by atoms with Crippen LogP contribution < -0.4 is 15.0 Å². The van der Waals surface area contributed by atoms with E-state index in [-0.39, 0.29) is 12.2 Å². The van der Waals surface area contributed by atoms with Gasteiger partial charge in [-0.05, 0) is 63.8 Å². The number of benzene rings is 1. The Morgan fingerprint density at radius 1 is 1.07 bits per heavy atom. The Morgan fingerprint density at radius 3 is 2.47 bits per heavy atom. The molecule has 6 nitrogen and oxygen atoms in total. The fourth-order valence-electron chi connectivity index (χ4n) is 4.46. The Labute approximate surface area is 180 Å². The van der Waals surface area contributed by atoms with E-state index in [2.05, 4.69) is 58.3 Å². The van der Waals surface area contributed by atoms with Crippen molar-refractivity contribution in [2.24, 2.45) is 5.92 Å². The van der Waals surface area contributed by atoms with Gasteiger partial charge in [0.1, 0.15) is 0 Å². The van der Waals surface area contributed by atoms with Gasteiger partial charge in [-0.2, -0.15) is 4.98 Å². The fourth-order valence-corrected chi connectivity index (χ4v) is 4.46. The van der Waals surface area contributed by atoms with Crippen LogP contribution in [-0.4, -0.2) is 41.9 Å². The van der Waals surface area contributed by atoms with Crippen LogP contribution >= 0.6 is 0 Å². The topological polar surface area (TPSA) is 59.5 Å². The summed E-state index contributed by atoms with van der Waals surface area (Å²) in [5.41, 5.74) is 3.15. The third-order valence-electron chi connectivity index (χ3n) is 6.01. The molecule has 2 aliphatic rings. The molecule has 6 heteroatoms. The van der Waals surface area contributed by atoms with Crippen molar-refractivity contribution in [2.45, 2.75) is 65.1 Å². The van der Waals surface area contributed by atoms with E-state index in [1.165, 1.54) is 37.8 Å². The van der Waals surface area contributed by atoms with E-state index in [4.69, 9.17) is 9.47 Å².